The molecule has 5 N–H and O–H groups in total. The van der Waals surface area contributed by atoms with Crippen molar-refractivity contribution in [3.05, 3.63) is 45.0 Å². The Kier molecular flexibility index (Phi) is 11.5. The first kappa shape index (κ1) is 34.0. The summed E-state index contributed by atoms with van der Waals surface area (Å²) in [5.74, 6) is 6.49. The molecule has 3 fully saturated rings. The van der Waals surface area contributed by atoms with Gasteiger partial charge in [-0.25, -0.2) is 15.3 Å². The van der Waals surface area contributed by atoms with E-state index in [9.17, 15) is 14.4 Å². The highest BCUT2D eigenvalue weighted by atomic mass is 31.2. The van der Waals surface area contributed by atoms with Gasteiger partial charge in [0.05, 0.1) is 32.2 Å². The minimum absolute atomic E-state index is 0.0554. The molecule has 5 atom stereocenters. The Morgan fingerprint density at radius 1 is 1.27 bits per heavy atom. The molecule has 3 saturated heterocycles. The minimum Gasteiger partial charge on any atom is -0.400 e. The Labute approximate surface area is 258 Å². The van der Waals surface area contributed by atoms with Crippen molar-refractivity contribution >= 4 is 14.9 Å². The van der Waals surface area contributed by atoms with Crippen LogP contribution >= 0.6 is 8.53 Å². The molecule has 0 aliphatic carbocycles. The maximum atomic E-state index is 12.8. The van der Waals surface area contributed by atoms with Gasteiger partial charge in [-0.15, -0.1) is 0 Å². The maximum absolute atomic E-state index is 12.8. The number of nitrogens with one attached hydrogen (secondary N) is 1. The molecule has 16 nitrogen and oxygen atoms in total. The Balaban J connectivity index is 1.60. The smallest absolute Gasteiger partial charge is 0.330 e. The molecule has 17 heteroatoms. The van der Waals surface area contributed by atoms with E-state index in [1.165, 1.54) is 21.8 Å². The topological polar surface area (TPSA) is 198 Å². The summed E-state index contributed by atoms with van der Waals surface area (Å²) in [4.78, 5) is 41.7. The Bertz CT molecular complexity index is 1300. The molecule has 0 radical (unpaired) electrons. The van der Waals surface area contributed by atoms with Crippen molar-refractivity contribution in [3.8, 4) is 6.07 Å². The Hall–Kier alpha value is -2.87. The number of nitriles is 1. The molecule has 0 saturated carbocycles. The van der Waals surface area contributed by atoms with Gasteiger partial charge in [0.1, 0.15) is 17.8 Å². The predicted molar refractivity (Wildman–Crippen MR) is 161 cm³/mol. The number of aromatic amines is 1. The molecule has 1 amide bonds. The fourth-order valence-electron chi connectivity index (χ4n) is 5.80. The van der Waals surface area contributed by atoms with Crippen LogP contribution in [0.3, 0.4) is 0 Å². The molecule has 0 spiro atoms. The van der Waals surface area contributed by atoms with Crippen molar-refractivity contribution in [2.75, 3.05) is 52.5 Å². The molecule has 1 aromatic rings. The summed E-state index contributed by atoms with van der Waals surface area (Å²) in [6.45, 7) is 11.7. The van der Waals surface area contributed by atoms with Crippen LogP contribution in [0, 0.1) is 11.3 Å². The summed E-state index contributed by atoms with van der Waals surface area (Å²) in [6.07, 6.45) is 1.68. The van der Waals surface area contributed by atoms with Crippen LogP contribution in [0.1, 0.15) is 40.3 Å². The van der Waals surface area contributed by atoms with Crippen LogP contribution in [0.15, 0.2) is 33.7 Å². The summed E-state index contributed by atoms with van der Waals surface area (Å²) in [7, 11) is -1.69. The van der Waals surface area contributed by atoms with Gasteiger partial charge in [0.15, 0.2) is 6.23 Å². The lowest BCUT2D eigenvalue weighted by Gasteiger charge is -2.39. The molecule has 0 aromatic carbocycles. The number of piperazine rings is 1. The molecule has 1 aromatic heterocycles. The van der Waals surface area contributed by atoms with Crippen LogP contribution in [0.2, 0.25) is 0 Å². The van der Waals surface area contributed by atoms with E-state index in [2.05, 4.69) is 20.6 Å². The summed E-state index contributed by atoms with van der Waals surface area (Å²) in [5.41, 5.74) is 4.58. The zero-order valence-electron chi connectivity index (χ0n) is 25.7. The third-order valence-corrected chi connectivity index (χ3v) is 9.82. The van der Waals surface area contributed by atoms with Crippen molar-refractivity contribution in [2.45, 2.75) is 70.2 Å². The first-order valence-corrected chi connectivity index (χ1v) is 15.9. The van der Waals surface area contributed by atoms with Crippen molar-refractivity contribution < 1.29 is 23.3 Å². The van der Waals surface area contributed by atoms with Crippen LogP contribution in [0.25, 0.3) is 0 Å². The summed E-state index contributed by atoms with van der Waals surface area (Å²) >= 11 is 0. The Morgan fingerprint density at radius 2 is 1.98 bits per heavy atom. The zero-order chi connectivity index (χ0) is 32.0. The number of amides is 1. The summed E-state index contributed by atoms with van der Waals surface area (Å²) in [6, 6.07) is 3.45. The van der Waals surface area contributed by atoms with E-state index < -0.39 is 43.8 Å². The molecular weight excluding hydrogens is 593 g/mol. The molecule has 44 heavy (non-hydrogen) atoms. The van der Waals surface area contributed by atoms with Crippen molar-refractivity contribution in [2.24, 2.45) is 11.6 Å². The first-order chi connectivity index (χ1) is 21.0. The second-order valence-electron chi connectivity index (χ2n) is 11.7. The average molecular weight is 638 g/mol. The fourth-order valence-corrected chi connectivity index (χ4v) is 7.61. The summed E-state index contributed by atoms with van der Waals surface area (Å²) in [5, 5.41) is 10.6. The van der Waals surface area contributed by atoms with E-state index in [1.54, 1.807) is 11.1 Å². The SMILES string of the molecule is CC(C)N(C(C)C)P(OCCC#N)OC1C2OCC1(CN(N)/C=C(\N)CN1CCN(C=O)CC1)OC2n1ccc(=O)[nH]c1=O. The highest BCUT2D eigenvalue weighted by Gasteiger charge is 2.64. The number of aromatic nitrogens is 2. The number of hydrogen-bond donors (Lipinski definition) is 3. The van der Waals surface area contributed by atoms with Crippen LogP contribution in [0.4, 0.5) is 0 Å². The standard InChI is InChI=1S/C27H44N9O7P/c1-19(2)36(20(3)4)44(41-13-5-7-28)43-24-23-25(35-8-6-22(38)31-26(35)39)42-27(24,17-40-23)16-34(30)15-21(29)14-32-9-11-33(18-37)12-10-32/h6,8,15,18-20,23-25H,5,9-14,16-17,29-30H2,1-4H3,(H,31,38,39)/b21-15-. The van der Waals surface area contributed by atoms with Crippen molar-refractivity contribution in [3.63, 3.8) is 0 Å². The van der Waals surface area contributed by atoms with Crippen LogP contribution in [-0.4, -0.2) is 118 Å². The number of fused-ring (bicyclic) bond motifs is 2. The number of H-pyrrole nitrogens is 1. The van der Waals surface area contributed by atoms with Gasteiger partial charge in [-0.1, -0.05) is 0 Å². The zero-order valence-corrected chi connectivity index (χ0v) is 26.6. The number of carbonyl (C=O) groups excluding carboxylic acids is 1. The second kappa shape index (κ2) is 14.9. The van der Waals surface area contributed by atoms with Gasteiger partial charge in [-0.05, 0) is 27.7 Å². The Morgan fingerprint density at radius 3 is 2.59 bits per heavy atom. The number of hydrazine groups is 1. The number of rotatable bonds is 15. The van der Waals surface area contributed by atoms with Gasteiger partial charge < -0.3 is 34.2 Å². The van der Waals surface area contributed by atoms with E-state index in [4.69, 9.17) is 35.4 Å². The van der Waals surface area contributed by atoms with E-state index in [0.717, 1.165) is 6.41 Å². The first-order valence-electron chi connectivity index (χ1n) is 14.7. The quantitative estimate of drug-likeness (QED) is 0.0740. The normalized spacial score (nSPS) is 26.5. The highest BCUT2D eigenvalue weighted by Crippen LogP contribution is 2.55. The predicted octanol–water partition coefficient (Wildman–Crippen LogP) is -0.386. The van der Waals surface area contributed by atoms with Crippen LogP contribution < -0.4 is 22.8 Å². The molecule has 3 aliphatic rings. The molecule has 5 unspecified atom stereocenters. The van der Waals surface area contributed by atoms with E-state index in [0.29, 0.717) is 38.4 Å². The monoisotopic (exact) mass is 637 g/mol. The highest BCUT2D eigenvalue weighted by molar-refractivity contribution is 7.44. The van der Waals surface area contributed by atoms with Crippen molar-refractivity contribution in [1.29, 1.82) is 5.26 Å². The van der Waals surface area contributed by atoms with Gasteiger partial charge in [0.25, 0.3) is 14.1 Å². The molecule has 4 rings (SSSR count). The van der Waals surface area contributed by atoms with Gasteiger partial charge in [-0.2, -0.15) is 5.26 Å². The molecule has 4 heterocycles. The number of hydrogen-bond acceptors (Lipinski definition) is 13. The number of ether oxygens (including phenoxy) is 2. The second-order valence-corrected chi connectivity index (χ2v) is 13.1. The van der Waals surface area contributed by atoms with Gasteiger partial charge in [-0.3, -0.25) is 24.0 Å². The lowest BCUT2D eigenvalue weighted by molar-refractivity contribution is -0.179. The number of nitrogens with two attached hydrogens (primary N) is 2. The minimum atomic E-state index is -1.69. The lowest BCUT2D eigenvalue weighted by atomic mass is 9.99. The van der Waals surface area contributed by atoms with Crippen LogP contribution in [-0.2, 0) is 23.3 Å². The van der Waals surface area contributed by atoms with Gasteiger partial charge >= 0.3 is 5.69 Å². The van der Waals surface area contributed by atoms with Crippen molar-refractivity contribution in [1.82, 2.24) is 29.0 Å². The average Bonchev–Trinajstić information content (AvgIpc) is 3.43. The van der Waals surface area contributed by atoms with E-state index >= 15 is 0 Å². The van der Waals surface area contributed by atoms with E-state index in [-0.39, 0.29) is 38.3 Å². The molecule has 244 valence electrons. The molecule has 2 bridgehead atoms. The number of carbonyl (C=O) groups is 1. The summed E-state index contributed by atoms with van der Waals surface area (Å²) < 4.78 is 29.0. The molecular formula is C27H44N9O7P. The third kappa shape index (κ3) is 7.85. The largest absolute Gasteiger partial charge is 0.400 e. The van der Waals surface area contributed by atoms with E-state index in [1.807, 2.05) is 27.7 Å². The van der Waals surface area contributed by atoms with Crippen LogP contribution in [0.5, 0.6) is 0 Å². The van der Waals surface area contributed by atoms with Gasteiger partial charge in [0, 0.05) is 69.0 Å². The molecule has 3 aliphatic heterocycles. The third-order valence-electron chi connectivity index (χ3n) is 7.71. The fraction of sp³-hybridized carbons (Fsp3) is 0.704. The number of nitrogens with zero attached hydrogens (tertiary/aromatic N) is 6. The van der Waals surface area contributed by atoms with Gasteiger partial charge in [0.2, 0.25) is 6.41 Å². The maximum Gasteiger partial charge on any atom is 0.330 e. The lowest BCUT2D eigenvalue weighted by Crippen LogP contribution is -2.52.